The largest absolute Gasteiger partial charge is 0.383 e. The van der Waals surface area contributed by atoms with E-state index in [2.05, 4.69) is 27.5 Å². The molecule has 1 N–H and O–H groups in total. The van der Waals surface area contributed by atoms with Crippen molar-refractivity contribution in [3.05, 3.63) is 60.2 Å². The van der Waals surface area contributed by atoms with Gasteiger partial charge in [-0.1, -0.05) is 35.5 Å². The number of amides is 1. The topological polar surface area (TPSA) is 53.9 Å². The molecule has 2 aromatic rings. The number of nitrogens with zero attached hydrogens (tertiary/aromatic N) is 2. The Kier molecular flexibility index (Phi) is 6.25. The molecular formula is C21H25N3O2. The minimum absolute atomic E-state index is 0.221. The number of piperidine rings is 1. The lowest BCUT2D eigenvalue weighted by molar-refractivity contribution is -0.126. The minimum atomic E-state index is -0.670. The van der Waals surface area contributed by atoms with Crippen LogP contribution in [0.2, 0.25) is 0 Å². The molecule has 1 saturated heterocycles. The number of carbonyl (C=O) groups is 1. The van der Waals surface area contributed by atoms with E-state index in [1.807, 2.05) is 42.5 Å². The number of carbonyl (C=O) groups excluding carboxylic acids is 1. The van der Waals surface area contributed by atoms with Crippen LogP contribution >= 0.6 is 0 Å². The monoisotopic (exact) mass is 351 g/mol. The number of benzene rings is 2. The number of hydrogen-bond donors (Lipinski definition) is 1. The number of rotatable bonds is 6. The molecule has 26 heavy (non-hydrogen) atoms. The summed E-state index contributed by atoms with van der Waals surface area (Å²) in [4.78, 5) is 19.9. The average Bonchev–Trinajstić information content (AvgIpc) is 2.70. The van der Waals surface area contributed by atoms with Crippen LogP contribution in [-0.2, 0) is 9.63 Å². The van der Waals surface area contributed by atoms with Gasteiger partial charge in [0.25, 0.3) is 5.91 Å². The molecule has 3 rings (SSSR count). The highest BCUT2D eigenvalue weighted by Gasteiger charge is 2.15. The third kappa shape index (κ3) is 5.09. The summed E-state index contributed by atoms with van der Waals surface area (Å²) in [6.45, 7) is 3.89. The van der Waals surface area contributed by atoms with E-state index in [9.17, 15) is 4.79 Å². The van der Waals surface area contributed by atoms with Crippen molar-refractivity contribution in [2.24, 2.45) is 5.16 Å². The number of oxime groups is 1. The normalized spacial score (nSPS) is 15.7. The zero-order valence-corrected chi connectivity index (χ0v) is 15.1. The van der Waals surface area contributed by atoms with Gasteiger partial charge in [0.15, 0.2) is 0 Å². The van der Waals surface area contributed by atoms with E-state index in [0.717, 1.165) is 24.3 Å². The number of hydrogen-bond acceptors (Lipinski definition) is 4. The van der Waals surface area contributed by atoms with Gasteiger partial charge in [-0.15, -0.1) is 0 Å². The predicted octanol–water partition coefficient (Wildman–Crippen LogP) is 4.05. The molecule has 0 aliphatic carbocycles. The van der Waals surface area contributed by atoms with Gasteiger partial charge in [-0.3, -0.25) is 4.79 Å². The summed E-state index contributed by atoms with van der Waals surface area (Å²) in [6.07, 6.45) is 4.73. The summed E-state index contributed by atoms with van der Waals surface area (Å²) in [5, 5.41) is 6.75. The second-order valence-electron chi connectivity index (χ2n) is 6.48. The van der Waals surface area contributed by atoms with Crippen LogP contribution in [0.5, 0.6) is 0 Å². The molecule has 5 nitrogen and oxygen atoms in total. The lowest BCUT2D eigenvalue weighted by atomic mass is 10.1. The fraction of sp³-hybridized carbons (Fsp3) is 0.333. The van der Waals surface area contributed by atoms with Crippen molar-refractivity contribution in [3.63, 3.8) is 0 Å². The summed E-state index contributed by atoms with van der Waals surface area (Å²) in [5.74, 6) is -0.221. The Balaban J connectivity index is 1.49. The molecule has 1 amide bonds. The maximum Gasteiger partial charge on any atom is 0.267 e. The van der Waals surface area contributed by atoms with Crippen LogP contribution in [0.4, 0.5) is 11.4 Å². The first-order chi connectivity index (χ1) is 12.7. The third-order valence-electron chi connectivity index (χ3n) is 4.45. The highest BCUT2D eigenvalue weighted by atomic mass is 16.6. The maximum absolute atomic E-state index is 12.2. The molecule has 2 aromatic carbocycles. The molecule has 0 saturated carbocycles. The quantitative estimate of drug-likeness (QED) is 0.631. The molecule has 1 atom stereocenters. The Morgan fingerprint density at radius 3 is 2.46 bits per heavy atom. The van der Waals surface area contributed by atoms with E-state index >= 15 is 0 Å². The van der Waals surface area contributed by atoms with Gasteiger partial charge in [-0.25, -0.2) is 0 Å². The van der Waals surface area contributed by atoms with Crippen LogP contribution < -0.4 is 10.2 Å². The summed E-state index contributed by atoms with van der Waals surface area (Å²) < 4.78 is 0. The molecule has 1 aliphatic rings. The Bertz CT molecular complexity index is 723. The van der Waals surface area contributed by atoms with Gasteiger partial charge in [0.1, 0.15) is 0 Å². The average molecular weight is 351 g/mol. The van der Waals surface area contributed by atoms with Crippen LogP contribution in [0.3, 0.4) is 0 Å². The van der Waals surface area contributed by atoms with E-state index in [1.165, 1.54) is 24.9 Å². The van der Waals surface area contributed by atoms with Crippen molar-refractivity contribution < 1.29 is 9.63 Å². The summed E-state index contributed by atoms with van der Waals surface area (Å²) >= 11 is 0. The molecule has 1 aliphatic heterocycles. The van der Waals surface area contributed by atoms with Gasteiger partial charge < -0.3 is 15.1 Å². The van der Waals surface area contributed by atoms with E-state index < -0.39 is 6.10 Å². The summed E-state index contributed by atoms with van der Waals surface area (Å²) in [6, 6.07) is 17.6. The first-order valence-electron chi connectivity index (χ1n) is 9.12. The highest BCUT2D eigenvalue weighted by Crippen LogP contribution is 2.21. The van der Waals surface area contributed by atoms with E-state index in [1.54, 1.807) is 13.1 Å². The molecule has 1 unspecified atom stereocenters. The standard InChI is InChI=1S/C21H25N3O2/c1-17(26-22-16-18-8-4-2-5-9-18)21(25)23-19-10-12-20(13-11-19)24-14-6-3-7-15-24/h2,4-5,8-13,16-17H,3,6-7,14-15H2,1H3,(H,23,25)/b22-16+. The second kappa shape index (κ2) is 9.04. The highest BCUT2D eigenvalue weighted by molar-refractivity contribution is 5.94. The molecule has 0 spiro atoms. The van der Waals surface area contributed by atoms with Crippen LogP contribution in [0.15, 0.2) is 59.8 Å². The molecule has 136 valence electrons. The fourth-order valence-corrected chi connectivity index (χ4v) is 2.92. The van der Waals surface area contributed by atoms with Gasteiger partial charge >= 0.3 is 0 Å². The molecule has 5 heteroatoms. The van der Waals surface area contributed by atoms with E-state index in [-0.39, 0.29) is 5.91 Å². The van der Waals surface area contributed by atoms with Crippen molar-refractivity contribution >= 4 is 23.5 Å². The lowest BCUT2D eigenvalue weighted by Crippen LogP contribution is -2.29. The summed E-state index contributed by atoms with van der Waals surface area (Å²) in [5.41, 5.74) is 2.89. The van der Waals surface area contributed by atoms with Gasteiger partial charge in [-0.05, 0) is 56.0 Å². The Labute approximate surface area is 154 Å². The van der Waals surface area contributed by atoms with Crippen molar-refractivity contribution in [1.82, 2.24) is 0 Å². The zero-order valence-electron chi connectivity index (χ0n) is 15.1. The number of anilines is 2. The van der Waals surface area contributed by atoms with Crippen LogP contribution in [-0.4, -0.2) is 31.3 Å². The minimum Gasteiger partial charge on any atom is -0.383 e. The summed E-state index contributed by atoms with van der Waals surface area (Å²) in [7, 11) is 0. The Hall–Kier alpha value is -2.82. The first kappa shape index (κ1) is 18.0. The number of nitrogens with one attached hydrogen (secondary N) is 1. The van der Waals surface area contributed by atoms with Gasteiger partial charge in [0.05, 0.1) is 6.21 Å². The molecule has 0 radical (unpaired) electrons. The van der Waals surface area contributed by atoms with Crippen LogP contribution in [0.1, 0.15) is 31.7 Å². The van der Waals surface area contributed by atoms with Crippen molar-refractivity contribution in [1.29, 1.82) is 0 Å². The van der Waals surface area contributed by atoms with Crippen LogP contribution in [0, 0.1) is 0 Å². The maximum atomic E-state index is 12.2. The molecule has 0 bridgehead atoms. The molecule has 1 fully saturated rings. The third-order valence-corrected chi connectivity index (χ3v) is 4.45. The van der Waals surface area contributed by atoms with Gasteiger partial charge in [-0.2, -0.15) is 0 Å². The SMILES string of the molecule is CC(O/N=C/c1ccccc1)C(=O)Nc1ccc(N2CCCCC2)cc1. The Morgan fingerprint density at radius 2 is 1.77 bits per heavy atom. The molecule has 0 aromatic heterocycles. The van der Waals surface area contributed by atoms with Gasteiger partial charge in [0, 0.05) is 24.5 Å². The van der Waals surface area contributed by atoms with Crippen molar-refractivity contribution in [2.75, 3.05) is 23.3 Å². The van der Waals surface area contributed by atoms with E-state index in [0.29, 0.717) is 0 Å². The molecule has 1 heterocycles. The first-order valence-corrected chi connectivity index (χ1v) is 9.12. The van der Waals surface area contributed by atoms with Crippen molar-refractivity contribution in [2.45, 2.75) is 32.3 Å². The van der Waals surface area contributed by atoms with Crippen molar-refractivity contribution in [3.8, 4) is 0 Å². The lowest BCUT2D eigenvalue weighted by Gasteiger charge is -2.28. The zero-order chi connectivity index (χ0) is 18.2. The van der Waals surface area contributed by atoms with E-state index in [4.69, 9.17) is 4.84 Å². The second-order valence-corrected chi connectivity index (χ2v) is 6.48. The van der Waals surface area contributed by atoms with Gasteiger partial charge in [0.2, 0.25) is 6.10 Å². The molecular weight excluding hydrogens is 326 g/mol. The smallest absolute Gasteiger partial charge is 0.267 e. The Morgan fingerprint density at radius 1 is 1.08 bits per heavy atom. The van der Waals surface area contributed by atoms with Crippen LogP contribution in [0.25, 0.3) is 0 Å². The fourth-order valence-electron chi connectivity index (χ4n) is 2.92. The predicted molar refractivity (Wildman–Crippen MR) is 106 cm³/mol.